The number of thioether (sulfide) groups is 1. The Labute approximate surface area is 117 Å². The van der Waals surface area contributed by atoms with Crippen molar-refractivity contribution in [3.05, 3.63) is 34.9 Å². The van der Waals surface area contributed by atoms with Crippen LogP contribution in [0.4, 0.5) is 0 Å². The molecule has 100 valence electrons. The second-order valence-corrected chi connectivity index (χ2v) is 5.53. The first-order chi connectivity index (χ1) is 8.61. The van der Waals surface area contributed by atoms with Crippen LogP contribution in [0, 0.1) is 0 Å². The molecule has 0 heterocycles. The largest absolute Gasteiger partial charge is 0.396 e. The number of halogens is 1. The average molecular weight is 288 g/mol. The third-order valence-corrected chi connectivity index (χ3v) is 3.60. The predicted molar refractivity (Wildman–Crippen MR) is 76.9 cm³/mol. The van der Waals surface area contributed by atoms with Crippen LogP contribution in [0.2, 0.25) is 5.02 Å². The van der Waals surface area contributed by atoms with Crippen LogP contribution in [0.25, 0.3) is 0 Å². The molecule has 0 radical (unpaired) electrons. The number of carbonyl (C=O) groups excluding carboxylic acids is 1. The predicted octanol–water partition coefficient (Wildman–Crippen LogP) is 2.46. The van der Waals surface area contributed by atoms with Gasteiger partial charge in [0.05, 0.1) is 5.75 Å². The number of nitrogens with one attached hydrogen (secondary N) is 1. The lowest BCUT2D eigenvalue weighted by molar-refractivity contribution is -0.119. The monoisotopic (exact) mass is 287 g/mol. The molecular formula is C13H18ClNO2S. The molecule has 0 aliphatic rings. The second kappa shape index (κ2) is 8.40. The maximum absolute atomic E-state index is 11.5. The van der Waals surface area contributed by atoms with E-state index in [9.17, 15) is 4.79 Å². The van der Waals surface area contributed by atoms with Gasteiger partial charge in [-0.3, -0.25) is 4.79 Å². The van der Waals surface area contributed by atoms with Crippen LogP contribution in [0.1, 0.15) is 18.9 Å². The first-order valence-corrected chi connectivity index (χ1v) is 7.37. The van der Waals surface area contributed by atoms with Gasteiger partial charge >= 0.3 is 0 Å². The normalized spacial score (nSPS) is 12.2. The first kappa shape index (κ1) is 15.3. The lowest BCUT2D eigenvalue weighted by Crippen LogP contribution is -2.34. The highest BCUT2D eigenvalue weighted by Gasteiger charge is 2.06. The van der Waals surface area contributed by atoms with E-state index in [4.69, 9.17) is 16.7 Å². The Morgan fingerprint density at radius 3 is 3.00 bits per heavy atom. The van der Waals surface area contributed by atoms with Gasteiger partial charge in [0.1, 0.15) is 0 Å². The Kier molecular flexibility index (Phi) is 7.16. The van der Waals surface area contributed by atoms with E-state index in [1.165, 1.54) is 0 Å². The summed E-state index contributed by atoms with van der Waals surface area (Å²) in [5.41, 5.74) is 1.11. The van der Waals surface area contributed by atoms with E-state index in [0.29, 0.717) is 17.2 Å². The van der Waals surface area contributed by atoms with Gasteiger partial charge in [-0.2, -0.15) is 0 Å². The van der Waals surface area contributed by atoms with Gasteiger partial charge in [-0.05, 0) is 31.0 Å². The molecule has 1 unspecified atom stereocenters. The summed E-state index contributed by atoms with van der Waals surface area (Å²) in [6.07, 6.45) is 0.588. The molecule has 0 aliphatic heterocycles. The summed E-state index contributed by atoms with van der Waals surface area (Å²) in [5, 5.41) is 12.3. The Bertz CT molecular complexity index is 387. The number of hydrogen-bond acceptors (Lipinski definition) is 3. The fraction of sp³-hybridized carbons (Fsp3) is 0.462. The van der Waals surface area contributed by atoms with Gasteiger partial charge < -0.3 is 10.4 Å². The van der Waals surface area contributed by atoms with E-state index < -0.39 is 0 Å². The topological polar surface area (TPSA) is 49.3 Å². The minimum atomic E-state index is 0.00276. The van der Waals surface area contributed by atoms with Gasteiger partial charge in [-0.1, -0.05) is 23.7 Å². The van der Waals surface area contributed by atoms with Gasteiger partial charge in [-0.25, -0.2) is 0 Å². The Morgan fingerprint density at radius 1 is 1.56 bits per heavy atom. The number of hydrogen-bond donors (Lipinski definition) is 2. The van der Waals surface area contributed by atoms with Crippen molar-refractivity contribution in [2.24, 2.45) is 0 Å². The summed E-state index contributed by atoms with van der Waals surface area (Å²) < 4.78 is 0. The molecule has 1 rings (SSSR count). The zero-order valence-corrected chi connectivity index (χ0v) is 11.9. The van der Waals surface area contributed by atoms with Gasteiger partial charge in [0, 0.05) is 23.4 Å². The molecule has 0 saturated carbocycles. The van der Waals surface area contributed by atoms with Crippen LogP contribution in [0.3, 0.4) is 0 Å². The van der Waals surface area contributed by atoms with Crippen molar-refractivity contribution in [3.8, 4) is 0 Å². The Hall–Kier alpha value is -0.710. The first-order valence-electron chi connectivity index (χ1n) is 5.84. The maximum Gasteiger partial charge on any atom is 0.230 e. The smallest absolute Gasteiger partial charge is 0.230 e. The number of aliphatic hydroxyl groups is 1. The molecule has 2 N–H and O–H groups in total. The van der Waals surface area contributed by atoms with Crippen molar-refractivity contribution in [2.45, 2.75) is 25.1 Å². The summed E-state index contributed by atoms with van der Waals surface area (Å²) in [4.78, 5) is 11.5. The van der Waals surface area contributed by atoms with E-state index in [2.05, 4.69) is 5.32 Å². The summed E-state index contributed by atoms with van der Waals surface area (Å²) in [7, 11) is 0. The lowest BCUT2D eigenvalue weighted by Gasteiger charge is -2.12. The minimum absolute atomic E-state index is 0.00276. The highest BCUT2D eigenvalue weighted by molar-refractivity contribution is 7.99. The van der Waals surface area contributed by atoms with Crippen LogP contribution in [-0.4, -0.2) is 29.4 Å². The van der Waals surface area contributed by atoms with Crippen LogP contribution in [-0.2, 0) is 10.5 Å². The van der Waals surface area contributed by atoms with Crippen LogP contribution in [0.5, 0.6) is 0 Å². The molecule has 1 aromatic carbocycles. The summed E-state index contributed by atoms with van der Waals surface area (Å²) in [6.45, 7) is 1.98. The molecule has 0 spiro atoms. The number of benzene rings is 1. The van der Waals surface area contributed by atoms with Crippen LogP contribution >= 0.6 is 23.4 Å². The minimum Gasteiger partial charge on any atom is -0.396 e. The highest BCUT2D eigenvalue weighted by Crippen LogP contribution is 2.16. The Balaban J connectivity index is 2.23. The van der Waals surface area contributed by atoms with Gasteiger partial charge in [0.2, 0.25) is 5.91 Å². The van der Waals surface area contributed by atoms with E-state index >= 15 is 0 Å². The van der Waals surface area contributed by atoms with Gasteiger partial charge in [0.25, 0.3) is 0 Å². The third kappa shape index (κ3) is 6.28. The molecule has 1 aromatic rings. The SMILES string of the molecule is CC(CCO)NC(=O)CSCc1cccc(Cl)c1. The molecule has 1 atom stereocenters. The maximum atomic E-state index is 11.5. The fourth-order valence-electron chi connectivity index (χ4n) is 1.47. The molecule has 3 nitrogen and oxygen atoms in total. The molecule has 0 bridgehead atoms. The molecule has 18 heavy (non-hydrogen) atoms. The van der Waals surface area contributed by atoms with E-state index in [1.54, 1.807) is 11.8 Å². The van der Waals surface area contributed by atoms with Crippen molar-refractivity contribution in [2.75, 3.05) is 12.4 Å². The van der Waals surface area contributed by atoms with Crippen molar-refractivity contribution in [3.63, 3.8) is 0 Å². The van der Waals surface area contributed by atoms with Gasteiger partial charge in [-0.15, -0.1) is 11.8 Å². The van der Waals surface area contributed by atoms with Crippen molar-refractivity contribution < 1.29 is 9.90 Å². The number of amides is 1. The van der Waals surface area contributed by atoms with Gasteiger partial charge in [0.15, 0.2) is 0 Å². The molecule has 0 fully saturated rings. The van der Waals surface area contributed by atoms with Crippen molar-refractivity contribution >= 4 is 29.3 Å². The second-order valence-electron chi connectivity index (χ2n) is 4.10. The number of aliphatic hydroxyl groups excluding tert-OH is 1. The molecule has 0 saturated heterocycles. The molecule has 5 heteroatoms. The van der Waals surface area contributed by atoms with Crippen LogP contribution in [0.15, 0.2) is 24.3 Å². The van der Waals surface area contributed by atoms with E-state index in [0.717, 1.165) is 11.3 Å². The van der Waals surface area contributed by atoms with E-state index in [1.807, 2.05) is 31.2 Å². The third-order valence-electron chi connectivity index (χ3n) is 2.36. The number of rotatable bonds is 7. The summed E-state index contributed by atoms with van der Waals surface area (Å²) >= 11 is 7.43. The molecule has 0 aliphatic carbocycles. The standard InChI is InChI=1S/C13H18ClNO2S/c1-10(5-6-16)15-13(17)9-18-8-11-3-2-4-12(14)7-11/h2-4,7,10,16H,5-6,8-9H2,1H3,(H,15,17). The average Bonchev–Trinajstić information content (AvgIpc) is 2.29. The highest BCUT2D eigenvalue weighted by atomic mass is 35.5. The number of carbonyl (C=O) groups is 1. The van der Waals surface area contributed by atoms with E-state index in [-0.39, 0.29) is 18.6 Å². The van der Waals surface area contributed by atoms with Crippen LogP contribution < -0.4 is 5.32 Å². The van der Waals surface area contributed by atoms with Crippen molar-refractivity contribution in [1.29, 1.82) is 0 Å². The quantitative estimate of drug-likeness (QED) is 0.810. The lowest BCUT2D eigenvalue weighted by atomic mass is 10.2. The molecule has 0 aromatic heterocycles. The summed E-state index contributed by atoms with van der Waals surface area (Å²) in [5.74, 6) is 1.19. The fourth-order valence-corrected chi connectivity index (χ4v) is 2.47. The summed E-state index contributed by atoms with van der Waals surface area (Å²) in [6, 6.07) is 7.65. The molecular weight excluding hydrogens is 270 g/mol. The van der Waals surface area contributed by atoms with Crippen molar-refractivity contribution in [1.82, 2.24) is 5.32 Å². The zero-order valence-electron chi connectivity index (χ0n) is 10.4. The molecule has 1 amide bonds. The Morgan fingerprint density at radius 2 is 2.33 bits per heavy atom. The zero-order chi connectivity index (χ0) is 13.4.